The number of rotatable bonds is 4. The summed E-state index contributed by atoms with van der Waals surface area (Å²) < 4.78 is 13.0. The fourth-order valence-corrected chi connectivity index (χ4v) is 3.87. The van der Waals surface area contributed by atoms with Crippen molar-refractivity contribution in [1.82, 2.24) is 15.2 Å². The van der Waals surface area contributed by atoms with Gasteiger partial charge >= 0.3 is 0 Å². The lowest BCUT2D eigenvalue weighted by Crippen LogP contribution is -2.44. The minimum Gasteiger partial charge on any atom is -0.349 e. The highest BCUT2D eigenvalue weighted by molar-refractivity contribution is 6.32. The molecule has 144 valence electrons. The SMILES string of the molecule is O=C(NC1CCN(Cc2c(Cl)ccc3cccnc23)CC1)c1ccc(F)cc1. The van der Waals surface area contributed by atoms with Gasteiger partial charge < -0.3 is 5.32 Å². The summed E-state index contributed by atoms with van der Waals surface area (Å²) >= 11 is 6.45. The third-order valence-corrected chi connectivity index (χ3v) is 5.59. The molecule has 6 heteroatoms. The largest absolute Gasteiger partial charge is 0.349 e. The summed E-state index contributed by atoms with van der Waals surface area (Å²) in [6.07, 6.45) is 3.52. The van der Waals surface area contributed by atoms with Crippen molar-refractivity contribution in [3.05, 3.63) is 76.7 Å². The first kappa shape index (κ1) is 18.8. The molecule has 2 aromatic carbocycles. The van der Waals surface area contributed by atoms with Crippen LogP contribution in [0.4, 0.5) is 4.39 Å². The van der Waals surface area contributed by atoms with Gasteiger partial charge in [0.25, 0.3) is 5.91 Å². The van der Waals surface area contributed by atoms with E-state index in [9.17, 15) is 9.18 Å². The molecule has 1 aromatic heterocycles. The van der Waals surface area contributed by atoms with Gasteiger partial charge in [-0.15, -0.1) is 0 Å². The molecule has 1 saturated heterocycles. The van der Waals surface area contributed by atoms with Crippen LogP contribution in [0.3, 0.4) is 0 Å². The summed E-state index contributed by atoms with van der Waals surface area (Å²) in [7, 11) is 0. The summed E-state index contributed by atoms with van der Waals surface area (Å²) in [5.74, 6) is -0.494. The van der Waals surface area contributed by atoms with Gasteiger partial charge in [0.15, 0.2) is 0 Å². The number of carbonyl (C=O) groups excluding carboxylic acids is 1. The zero-order valence-corrected chi connectivity index (χ0v) is 16.1. The fourth-order valence-electron chi connectivity index (χ4n) is 3.66. The van der Waals surface area contributed by atoms with Crippen molar-refractivity contribution >= 4 is 28.4 Å². The van der Waals surface area contributed by atoms with E-state index in [1.165, 1.54) is 24.3 Å². The highest BCUT2D eigenvalue weighted by Crippen LogP contribution is 2.27. The molecule has 1 amide bonds. The molecule has 1 aliphatic heterocycles. The maximum absolute atomic E-state index is 13.0. The lowest BCUT2D eigenvalue weighted by atomic mass is 10.0. The van der Waals surface area contributed by atoms with Gasteiger partial charge in [0.05, 0.1) is 5.52 Å². The zero-order valence-electron chi connectivity index (χ0n) is 15.4. The van der Waals surface area contributed by atoms with Crippen LogP contribution in [0.1, 0.15) is 28.8 Å². The third-order valence-electron chi connectivity index (χ3n) is 5.23. The number of fused-ring (bicyclic) bond motifs is 1. The van der Waals surface area contributed by atoms with E-state index >= 15 is 0 Å². The Labute approximate surface area is 168 Å². The Morgan fingerprint density at radius 1 is 1.14 bits per heavy atom. The number of hydrogen-bond donors (Lipinski definition) is 1. The van der Waals surface area contributed by atoms with Crippen LogP contribution in [0.15, 0.2) is 54.7 Å². The first-order chi connectivity index (χ1) is 13.6. The van der Waals surface area contributed by atoms with E-state index < -0.39 is 0 Å². The van der Waals surface area contributed by atoms with Gasteiger partial charge in [0.2, 0.25) is 0 Å². The van der Waals surface area contributed by atoms with E-state index in [0.29, 0.717) is 5.56 Å². The first-order valence-corrected chi connectivity index (χ1v) is 9.79. The van der Waals surface area contributed by atoms with Crippen LogP contribution < -0.4 is 5.32 Å². The molecule has 1 N–H and O–H groups in total. The minimum atomic E-state index is -0.341. The molecule has 4 nitrogen and oxygen atoms in total. The van der Waals surface area contributed by atoms with Crippen LogP contribution in [0, 0.1) is 5.82 Å². The maximum atomic E-state index is 13.0. The number of likely N-dealkylation sites (tertiary alicyclic amines) is 1. The van der Waals surface area contributed by atoms with Crippen molar-refractivity contribution in [2.45, 2.75) is 25.4 Å². The van der Waals surface area contributed by atoms with Crippen LogP contribution in [0.5, 0.6) is 0 Å². The van der Waals surface area contributed by atoms with Gasteiger partial charge in [-0.1, -0.05) is 23.7 Å². The summed E-state index contributed by atoms with van der Waals surface area (Å²) in [5.41, 5.74) is 2.48. The summed E-state index contributed by atoms with van der Waals surface area (Å²) in [4.78, 5) is 19.2. The first-order valence-electron chi connectivity index (χ1n) is 9.41. The third kappa shape index (κ3) is 4.16. The quantitative estimate of drug-likeness (QED) is 0.708. The highest BCUT2D eigenvalue weighted by Gasteiger charge is 2.22. The monoisotopic (exact) mass is 397 g/mol. The summed E-state index contributed by atoms with van der Waals surface area (Å²) in [5, 5.41) is 4.87. The lowest BCUT2D eigenvalue weighted by Gasteiger charge is -2.32. The van der Waals surface area contributed by atoms with Gasteiger partial charge in [-0.2, -0.15) is 0 Å². The van der Waals surface area contributed by atoms with Gasteiger partial charge in [-0.05, 0) is 49.2 Å². The number of pyridine rings is 1. The number of nitrogens with one attached hydrogen (secondary N) is 1. The zero-order chi connectivity index (χ0) is 19.5. The molecule has 0 bridgehead atoms. The second-order valence-corrected chi connectivity index (χ2v) is 7.54. The van der Waals surface area contributed by atoms with Crippen molar-refractivity contribution in [2.75, 3.05) is 13.1 Å². The predicted molar refractivity (Wildman–Crippen MR) is 109 cm³/mol. The number of halogens is 2. The van der Waals surface area contributed by atoms with Gasteiger partial charge in [0.1, 0.15) is 5.82 Å². The molecule has 2 heterocycles. The van der Waals surface area contributed by atoms with Crippen molar-refractivity contribution in [3.8, 4) is 0 Å². The molecule has 28 heavy (non-hydrogen) atoms. The van der Waals surface area contributed by atoms with Crippen LogP contribution in [0.2, 0.25) is 5.02 Å². The van der Waals surface area contributed by atoms with Crippen LogP contribution in [-0.2, 0) is 6.54 Å². The van der Waals surface area contributed by atoms with E-state index in [2.05, 4.69) is 15.2 Å². The molecular weight excluding hydrogens is 377 g/mol. The Bertz CT molecular complexity index is 985. The molecule has 0 unspecified atom stereocenters. The number of hydrogen-bond acceptors (Lipinski definition) is 3. The van der Waals surface area contributed by atoms with E-state index in [4.69, 9.17) is 11.6 Å². The maximum Gasteiger partial charge on any atom is 0.251 e. The van der Waals surface area contributed by atoms with Crippen LogP contribution >= 0.6 is 11.6 Å². The number of aromatic nitrogens is 1. The summed E-state index contributed by atoms with van der Waals surface area (Å²) in [6.45, 7) is 2.48. The molecule has 0 spiro atoms. The Kier molecular flexibility index (Phi) is 5.55. The average Bonchev–Trinajstić information content (AvgIpc) is 2.72. The fraction of sp³-hybridized carbons (Fsp3) is 0.273. The topological polar surface area (TPSA) is 45.2 Å². The van der Waals surface area contributed by atoms with Crippen LogP contribution in [-0.4, -0.2) is 34.9 Å². The Morgan fingerprint density at radius 2 is 1.89 bits per heavy atom. The molecule has 0 aliphatic carbocycles. The molecule has 1 aliphatic rings. The number of nitrogens with zero attached hydrogens (tertiary/aromatic N) is 2. The standard InChI is InChI=1S/C22H21ClFN3O/c23-20-8-5-15-2-1-11-25-21(15)19(20)14-27-12-9-18(10-13-27)26-22(28)16-3-6-17(24)7-4-16/h1-8,11,18H,9-10,12-14H2,(H,26,28). The van der Waals surface area contributed by atoms with Gasteiger partial charge in [-0.3, -0.25) is 14.7 Å². The second kappa shape index (κ2) is 8.25. The van der Waals surface area contributed by atoms with Crippen molar-refractivity contribution in [2.24, 2.45) is 0 Å². The smallest absolute Gasteiger partial charge is 0.251 e. The van der Waals surface area contributed by atoms with Crippen molar-refractivity contribution in [1.29, 1.82) is 0 Å². The molecule has 0 saturated carbocycles. The predicted octanol–water partition coefficient (Wildman–Crippen LogP) is 4.42. The van der Waals surface area contributed by atoms with E-state index in [1.54, 1.807) is 6.20 Å². The molecule has 0 atom stereocenters. The number of amides is 1. The average molecular weight is 398 g/mol. The normalized spacial score (nSPS) is 15.6. The second-order valence-electron chi connectivity index (χ2n) is 7.13. The summed E-state index contributed by atoms with van der Waals surface area (Å²) in [6, 6.07) is 13.6. The minimum absolute atomic E-state index is 0.120. The Balaban J connectivity index is 1.37. The number of carbonyl (C=O) groups is 1. The van der Waals surface area contributed by atoms with Crippen molar-refractivity contribution in [3.63, 3.8) is 0 Å². The van der Waals surface area contributed by atoms with E-state index in [0.717, 1.165) is 54.0 Å². The van der Waals surface area contributed by atoms with Crippen LogP contribution in [0.25, 0.3) is 10.9 Å². The molecule has 3 aromatic rings. The number of piperidine rings is 1. The molecule has 4 rings (SSSR count). The number of benzene rings is 2. The molecule has 1 fully saturated rings. The molecular formula is C22H21ClFN3O. The Morgan fingerprint density at radius 3 is 2.64 bits per heavy atom. The van der Waals surface area contributed by atoms with E-state index in [1.807, 2.05) is 24.3 Å². The lowest BCUT2D eigenvalue weighted by molar-refractivity contribution is 0.0909. The highest BCUT2D eigenvalue weighted by atomic mass is 35.5. The van der Waals surface area contributed by atoms with Crippen molar-refractivity contribution < 1.29 is 9.18 Å². The van der Waals surface area contributed by atoms with E-state index in [-0.39, 0.29) is 17.8 Å². The molecule has 0 radical (unpaired) electrons. The van der Waals surface area contributed by atoms with Gasteiger partial charge in [0, 0.05) is 53.4 Å². The Hall–Kier alpha value is -2.50. The van der Waals surface area contributed by atoms with Gasteiger partial charge in [-0.25, -0.2) is 4.39 Å².